The molecule has 1 heterocycles. The molecule has 4 nitrogen and oxygen atoms in total. The number of imide groups is 1. The first-order chi connectivity index (χ1) is 8.68. The van der Waals surface area contributed by atoms with Crippen LogP contribution in [0.1, 0.15) is 31.2 Å². The number of benzene rings is 1. The van der Waals surface area contributed by atoms with Crippen LogP contribution in [0.15, 0.2) is 24.3 Å². The van der Waals surface area contributed by atoms with Crippen molar-refractivity contribution < 1.29 is 9.59 Å². The summed E-state index contributed by atoms with van der Waals surface area (Å²) in [6.07, 6.45) is 3.22. The molecule has 1 aliphatic rings. The van der Waals surface area contributed by atoms with Gasteiger partial charge in [0.15, 0.2) is 0 Å². The van der Waals surface area contributed by atoms with E-state index in [1.165, 1.54) is 4.90 Å². The van der Waals surface area contributed by atoms with Crippen molar-refractivity contribution in [3.05, 3.63) is 29.8 Å². The van der Waals surface area contributed by atoms with Gasteiger partial charge >= 0.3 is 0 Å². The minimum atomic E-state index is -0.0491. The number of hydrogen-bond acceptors (Lipinski definition) is 3. The fourth-order valence-corrected chi connectivity index (χ4v) is 2.20. The van der Waals surface area contributed by atoms with Gasteiger partial charge < -0.3 is 5.73 Å². The molecule has 4 heteroatoms. The third kappa shape index (κ3) is 2.88. The number of nitrogens with two attached hydrogens (primary N) is 1. The number of nitrogens with zero attached hydrogens (tertiary/aromatic N) is 1. The molecule has 0 aromatic heterocycles. The average Bonchev–Trinajstić information content (AvgIpc) is 2.51. The van der Waals surface area contributed by atoms with Crippen molar-refractivity contribution >= 4 is 17.5 Å². The lowest BCUT2D eigenvalue weighted by molar-refractivity contribution is -0.143. The van der Waals surface area contributed by atoms with E-state index in [0.29, 0.717) is 31.5 Å². The highest BCUT2D eigenvalue weighted by Gasteiger charge is 2.23. The van der Waals surface area contributed by atoms with Crippen molar-refractivity contribution in [3.8, 4) is 0 Å². The Morgan fingerprint density at radius 3 is 2.28 bits per heavy atom. The number of anilines is 1. The predicted molar refractivity (Wildman–Crippen MR) is 69.7 cm³/mol. The van der Waals surface area contributed by atoms with Crippen LogP contribution in [0.3, 0.4) is 0 Å². The molecule has 1 aliphatic heterocycles. The Balaban J connectivity index is 2.02. The van der Waals surface area contributed by atoms with Gasteiger partial charge in [0.1, 0.15) is 0 Å². The standard InChI is InChI=1S/C14H18N2O2/c15-12-6-2-1-5-11(12)9-10-16-13(17)7-3-4-8-14(16)18/h1-2,5-6H,3-4,7-10,15H2. The van der Waals surface area contributed by atoms with Crippen molar-refractivity contribution in [3.63, 3.8) is 0 Å². The number of carbonyl (C=O) groups is 2. The van der Waals surface area contributed by atoms with Gasteiger partial charge in [0.05, 0.1) is 0 Å². The Labute approximate surface area is 107 Å². The fraction of sp³-hybridized carbons (Fsp3) is 0.429. The molecular formula is C14H18N2O2. The zero-order chi connectivity index (χ0) is 13.0. The molecule has 0 aliphatic carbocycles. The minimum Gasteiger partial charge on any atom is -0.399 e. The van der Waals surface area contributed by atoms with Gasteiger partial charge in [0.2, 0.25) is 11.8 Å². The van der Waals surface area contributed by atoms with Gasteiger partial charge in [-0.2, -0.15) is 0 Å². The third-order valence-electron chi connectivity index (χ3n) is 3.29. The van der Waals surface area contributed by atoms with E-state index in [2.05, 4.69) is 0 Å². The van der Waals surface area contributed by atoms with Gasteiger partial charge in [-0.05, 0) is 30.9 Å². The largest absolute Gasteiger partial charge is 0.399 e. The summed E-state index contributed by atoms with van der Waals surface area (Å²) >= 11 is 0. The molecule has 1 aromatic rings. The SMILES string of the molecule is Nc1ccccc1CCN1C(=O)CCCCC1=O. The van der Waals surface area contributed by atoms with E-state index in [4.69, 9.17) is 5.73 Å². The molecule has 0 unspecified atom stereocenters. The lowest BCUT2D eigenvalue weighted by Gasteiger charge is -2.18. The van der Waals surface area contributed by atoms with Crippen molar-refractivity contribution in [1.29, 1.82) is 0 Å². The van der Waals surface area contributed by atoms with Gasteiger partial charge in [-0.25, -0.2) is 0 Å². The number of amides is 2. The molecule has 96 valence electrons. The summed E-state index contributed by atoms with van der Waals surface area (Å²) in [7, 11) is 0. The Morgan fingerprint density at radius 1 is 1.06 bits per heavy atom. The van der Waals surface area contributed by atoms with Gasteiger partial charge in [-0.1, -0.05) is 18.2 Å². The zero-order valence-electron chi connectivity index (χ0n) is 10.4. The molecule has 2 amide bonds. The van der Waals surface area contributed by atoms with E-state index in [-0.39, 0.29) is 11.8 Å². The third-order valence-corrected chi connectivity index (χ3v) is 3.29. The molecule has 2 N–H and O–H groups in total. The normalized spacial score (nSPS) is 16.8. The Morgan fingerprint density at radius 2 is 1.67 bits per heavy atom. The van der Waals surface area contributed by atoms with Crippen molar-refractivity contribution in [2.75, 3.05) is 12.3 Å². The van der Waals surface area contributed by atoms with Crippen LogP contribution in [0.2, 0.25) is 0 Å². The number of hydrogen-bond donors (Lipinski definition) is 1. The second-order valence-corrected chi connectivity index (χ2v) is 4.60. The first-order valence-corrected chi connectivity index (χ1v) is 6.35. The lowest BCUT2D eigenvalue weighted by Crippen LogP contribution is -2.36. The molecule has 0 bridgehead atoms. The molecule has 0 saturated carbocycles. The van der Waals surface area contributed by atoms with E-state index in [9.17, 15) is 9.59 Å². The number of carbonyl (C=O) groups excluding carboxylic acids is 2. The molecule has 18 heavy (non-hydrogen) atoms. The summed E-state index contributed by atoms with van der Waals surface area (Å²) in [4.78, 5) is 25.0. The fourth-order valence-electron chi connectivity index (χ4n) is 2.20. The van der Waals surface area contributed by atoms with Gasteiger partial charge in [0.25, 0.3) is 0 Å². The summed E-state index contributed by atoms with van der Waals surface area (Å²) in [5.74, 6) is -0.0981. The van der Waals surface area contributed by atoms with E-state index >= 15 is 0 Å². The van der Waals surface area contributed by atoms with E-state index < -0.39 is 0 Å². The molecule has 0 atom stereocenters. The van der Waals surface area contributed by atoms with Gasteiger partial charge in [-0.15, -0.1) is 0 Å². The monoisotopic (exact) mass is 246 g/mol. The highest BCUT2D eigenvalue weighted by Crippen LogP contribution is 2.15. The van der Waals surface area contributed by atoms with Crippen LogP contribution < -0.4 is 5.73 Å². The Hall–Kier alpha value is -1.84. The number of likely N-dealkylation sites (tertiary alicyclic amines) is 1. The second kappa shape index (κ2) is 5.67. The highest BCUT2D eigenvalue weighted by atomic mass is 16.2. The van der Waals surface area contributed by atoms with E-state index in [0.717, 1.165) is 18.4 Å². The van der Waals surface area contributed by atoms with Crippen LogP contribution in [0, 0.1) is 0 Å². The van der Waals surface area contributed by atoms with Crippen molar-refractivity contribution in [1.82, 2.24) is 4.90 Å². The molecule has 0 radical (unpaired) electrons. The summed E-state index contributed by atoms with van der Waals surface area (Å²) in [5, 5.41) is 0. The molecule has 1 fully saturated rings. The minimum absolute atomic E-state index is 0.0491. The maximum absolute atomic E-state index is 11.8. The Kier molecular flexibility index (Phi) is 3.97. The molecular weight excluding hydrogens is 228 g/mol. The lowest BCUT2D eigenvalue weighted by atomic mass is 10.1. The Bertz CT molecular complexity index is 439. The van der Waals surface area contributed by atoms with Crippen LogP contribution in [-0.2, 0) is 16.0 Å². The van der Waals surface area contributed by atoms with Crippen LogP contribution in [0.5, 0.6) is 0 Å². The molecule has 0 spiro atoms. The summed E-state index contributed by atoms with van der Waals surface area (Å²) in [5.41, 5.74) is 7.55. The van der Waals surface area contributed by atoms with Crippen molar-refractivity contribution in [2.45, 2.75) is 32.1 Å². The van der Waals surface area contributed by atoms with Crippen LogP contribution in [0.25, 0.3) is 0 Å². The molecule has 2 rings (SSSR count). The number of rotatable bonds is 3. The summed E-state index contributed by atoms with van der Waals surface area (Å²) < 4.78 is 0. The maximum Gasteiger partial charge on any atom is 0.229 e. The maximum atomic E-state index is 11.8. The highest BCUT2D eigenvalue weighted by molar-refractivity contribution is 5.96. The first kappa shape index (κ1) is 12.6. The van der Waals surface area contributed by atoms with Crippen molar-refractivity contribution in [2.24, 2.45) is 0 Å². The first-order valence-electron chi connectivity index (χ1n) is 6.35. The van der Waals surface area contributed by atoms with Crippen LogP contribution in [-0.4, -0.2) is 23.3 Å². The zero-order valence-corrected chi connectivity index (χ0v) is 10.4. The topological polar surface area (TPSA) is 63.4 Å². The number of nitrogen functional groups attached to an aromatic ring is 1. The van der Waals surface area contributed by atoms with E-state index in [1.807, 2.05) is 24.3 Å². The van der Waals surface area contributed by atoms with E-state index in [1.54, 1.807) is 0 Å². The molecule has 1 aromatic carbocycles. The quantitative estimate of drug-likeness (QED) is 0.652. The van der Waals surface area contributed by atoms with Crippen LogP contribution >= 0.6 is 0 Å². The number of para-hydroxylation sites is 1. The predicted octanol–water partition coefficient (Wildman–Crippen LogP) is 1.74. The smallest absolute Gasteiger partial charge is 0.229 e. The van der Waals surface area contributed by atoms with Gasteiger partial charge in [-0.3, -0.25) is 14.5 Å². The molecule has 1 saturated heterocycles. The van der Waals surface area contributed by atoms with Gasteiger partial charge in [0, 0.05) is 25.1 Å². The summed E-state index contributed by atoms with van der Waals surface area (Å²) in [6.45, 7) is 0.436. The average molecular weight is 246 g/mol. The summed E-state index contributed by atoms with van der Waals surface area (Å²) in [6, 6.07) is 7.56. The van der Waals surface area contributed by atoms with Crippen LogP contribution in [0.4, 0.5) is 5.69 Å². The second-order valence-electron chi connectivity index (χ2n) is 4.60.